The number of hydrogen-bond donors (Lipinski definition) is 1. The number of hydrogen-bond acceptors (Lipinski definition) is 4. The van der Waals surface area contributed by atoms with E-state index in [9.17, 15) is 4.79 Å². The monoisotopic (exact) mass is 297 g/mol. The molecule has 0 bridgehead atoms. The highest BCUT2D eigenvalue weighted by Crippen LogP contribution is 2.19. The summed E-state index contributed by atoms with van der Waals surface area (Å²) < 4.78 is 7.34. The van der Waals surface area contributed by atoms with E-state index in [1.54, 1.807) is 18.3 Å². The van der Waals surface area contributed by atoms with Crippen molar-refractivity contribution in [2.75, 3.05) is 14.2 Å². The van der Waals surface area contributed by atoms with Crippen molar-refractivity contribution >= 4 is 27.5 Å². The third-order valence-corrected chi connectivity index (χ3v) is 3.23. The minimum absolute atomic E-state index is 0.359. The number of imidazole rings is 1. The van der Waals surface area contributed by atoms with Crippen LogP contribution in [-0.4, -0.2) is 29.5 Å². The topological polar surface area (TPSA) is 55.6 Å². The number of carbonyl (C=O) groups excluding carboxylic acids is 1. The molecule has 2 heterocycles. The lowest BCUT2D eigenvalue weighted by molar-refractivity contribution is 0.0600. The van der Waals surface area contributed by atoms with Crippen LogP contribution in [0.1, 0.15) is 16.1 Å². The molecule has 0 radical (unpaired) electrons. The number of nitrogens with zero attached hydrogens (tertiary/aromatic N) is 2. The summed E-state index contributed by atoms with van der Waals surface area (Å²) in [4.78, 5) is 15.8. The van der Waals surface area contributed by atoms with E-state index >= 15 is 0 Å². The van der Waals surface area contributed by atoms with Crippen molar-refractivity contribution in [1.29, 1.82) is 0 Å². The molecule has 0 aliphatic heterocycles. The molecule has 2 aromatic heterocycles. The highest BCUT2D eigenvalue weighted by molar-refractivity contribution is 9.10. The molecule has 0 atom stereocenters. The predicted molar refractivity (Wildman–Crippen MR) is 67.0 cm³/mol. The molecule has 5 nitrogen and oxygen atoms in total. The second-order valence-corrected chi connectivity index (χ2v) is 4.27. The Balaban J connectivity index is 2.53. The number of pyridine rings is 1. The quantitative estimate of drug-likeness (QED) is 0.875. The van der Waals surface area contributed by atoms with Gasteiger partial charge in [-0.05, 0) is 35.1 Å². The number of aromatic nitrogens is 2. The summed E-state index contributed by atoms with van der Waals surface area (Å²) in [6, 6.07) is 3.49. The summed E-state index contributed by atoms with van der Waals surface area (Å²) in [5.74, 6) is -0.359. The second-order valence-electron chi connectivity index (χ2n) is 3.52. The van der Waals surface area contributed by atoms with Gasteiger partial charge in [0.25, 0.3) is 0 Å². The standard InChI is InChI=1S/C11H12BrN3O2/c1-13-5-8-10(12)15-6-7(11(16)17-2)3-4-9(15)14-8/h3-4,6,13H,5H2,1-2H3. The number of fused-ring (bicyclic) bond motifs is 1. The molecule has 90 valence electrons. The largest absolute Gasteiger partial charge is 0.465 e. The van der Waals surface area contributed by atoms with Gasteiger partial charge in [0, 0.05) is 12.7 Å². The van der Waals surface area contributed by atoms with Gasteiger partial charge in [-0.2, -0.15) is 0 Å². The summed E-state index contributed by atoms with van der Waals surface area (Å²) in [6.45, 7) is 0.663. The first-order valence-electron chi connectivity index (χ1n) is 5.06. The lowest BCUT2D eigenvalue weighted by Crippen LogP contribution is -2.05. The first-order valence-corrected chi connectivity index (χ1v) is 5.86. The van der Waals surface area contributed by atoms with E-state index in [1.165, 1.54) is 7.11 Å². The Kier molecular flexibility index (Phi) is 3.44. The molecule has 2 rings (SSSR count). The van der Waals surface area contributed by atoms with E-state index < -0.39 is 0 Å². The first kappa shape index (κ1) is 12.1. The summed E-state index contributed by atoms with van der Waals surface area (Å²) in [7, 11) is 3.22. The molecule has 17 heavy (non-hydrogen) atoms. The van der Waals surface area contributed by atoms with E-state index in [-0.39, 0.29) is 5.97 Å². The highest BCUT2D eigenvalue weighted by Gasteiger charge is 2.12. The number of ether oxygens (including phenoxy) is 1. The fraction of sp³-hybridized carbons (Fsp3) is 0.273. The minimum Gasteiger partial charge on any atom is -0.465 e. The predicted octanol–water partition coefficient (Wildman–Crippen LogP) is 1.60. The lowest BCUT2D eigenvalue weighted by Gasteiger charge is -2.00. The van der Waals surface area contributed by atoms with Gasteiger partial charge in [-0.1, -0.05) is 0 Å². The van der Waals surface area contributed by atoms with Crippen molar-refractivity contribution < 1.29 is 9.53 Å². The summed E-state index contributed by atoms with van der Waals surface area (Å²) >= 11 is 3.47. The highest BCUT2D eigenvalue weighted by atomic mass is 79.9. The fourth-order valence-corrected chi connectivity index (χ4v) is 2.10. The average molecular weight is 298 g/mol. The first-order chi connectivity index (χ1) is 8.17. The van der Waals surface area contributed by atoms with Crippen molar-refractivity contribution in [1.82, 2.24) is 14.7 Å². The van der Waals surface area contributed by atoms with Gasteiger partial charge in [0.1, 0.15) is 10.3 Å². The third kappa shape index (κ3) is 2.18. The number of rotatable bonds is 3. The maximum absolute atomic E-state index is 11.4. The van der Waals surface area contributed by atoms with E-state index in [2.05, 4.69) is 31.0 Å². The summed E-state index contributed by atoms with van der Waals surface area (Å²) in [5, 5.41) is 3.04. The van der Waals surface area contributed by atoms with Crippen molar-refractivity contribution in [3.63, 3.8) is 0 Å². The van der Waals surface area contributed by atoms with Crippen LogP contribution in [0, 0.1) is 0 Å². The molecule has 0 saturated heterocycles. The molecule has 1 N–H and O–H groups in total. The van der Waals surface area contributed by atoms with Crippen LogP contribution in [0.2, 0.25) is 0 Å². The van der Waals surface area contributed by atoms with E-state index in [1.807, 2.05) is 11.4 Å². The van der Waals surface area contributed by atoms with Gasteiger partial charge < -0.3 is 10.1 Å². The maximum Gasteiger partial charge on any atom is 0.339 e. The lowest BCUT2D eigenvalue weighted by atomic mass is 10.3. The molecule has 0 spiro atoms. The molecule has 0 unspecified atom stereocenters. The molecule has 0 amide bonds. The molecular weight excluding hydrogens is 286 g/mol. The van der Waals surface area contributed by atoms with Crippen LogP contribution in [0.25, 0.3) is 5.65 Å². The molecule has 0 aliphatic rings. The van der Waals surface area contributed by atoms with Crippen molar-refractivity contribution in [3.05, 3.63) is 34.2 Å². The average Bonchev–Trinajstić information content (AvgIpc) is 2.66. The Hall–Kier alpha value is -1.40. The Morgan fingerprint density at radius 1 is 1.59 bits per heavy atom. The van der Waals surface area contributed by atoms with Gasteiger partial charge in [0.2, 0.25) is 0 Å². The van der Waals surface area contributed by atoms with E-state index in [0.29, 0.717) is 12.1 Å². The Bertz CT molecular complexity index is 565. The second kappa shape index (κ2) is 4.85. The molecule has 2 aromatic rings. The summed E-state index contributed by atoms with van der Waals surface area (Å²) in [6.07, 6.45) is 1.71. The molecule has 0 saturated carbocycles. The minimum atomic E-state index is -0.359. The van der Waals surface area contributed by atoms with Crippen LogP contribution in [-0.2, 0) is 11.3 Å². The van der Waals surface area contributed by atoms with Crippen molar-refractivity contribution in [3.8, 4) is 0 Å². The van der Waals surface area contributed by atoms with Crippen LogP contribution < -0.4 is 5.32 Å². The van der Waals surface area contributed by atoms with Crippen molar-refractivity contribution in [2.45, 2.75) is 6.54 Å². The zero-order valence-corrected chi connectivity index (χ0v) is 11.1. The Labute approximate surface area is 107 Å². The van der Waals surface area contributed by atoms with Gasteiger partial charge in [0.15, 0.2) is 0 Å². The zero-order valence-electron chi connectivity index (χ0n) is 9.53. The molecule has 0 fully saturated rings. The van der Waals surface area contributed by atoms with Gasteiger partial charge in [-0.3, -0.25) is 4.40 Å². The van der Waals surface area contributed by atoms with Crippen LogP contribution in [0.15, 0.2) is 22.9 Å². The Morgan fingerprint density at radius 2 is 2.35 bits per heavy atom. The maximum atomic E-state index is 11.4. The van der Waals surface area contributed by atoms with E-state index in [4.69, 9.17) is 0 Å². The molecule has 0 aromatic carbocycles. The van der Waals surface area contributed by atoms with Gasteiger partial charge in [-0.25, -0.2) is 9.78 Å². The molecule has 0 aliphatic carbocycles. The van der Waals surface area contributed by atoms with E-state index in [0.717, 1.165) is 15.9 Å². The number of nitrogens with one attached hydrogen (secondary N) is 1. The third-order valence-electron chi connectivity index (χ3n) is 2.39. The van der Waals surface area contributed by atoms with Crippen LogP contribution in [0.4, 0.5) is 0 Å². The smallest absolute Gasteiger partial charge is 0.339 e. The van der Waals surface area contributed by atoms with Crippen molar-refractivity contribution in [2.24, 2.45) is 0 Å². The molecule has 6 heteroatoms. The number of esters is 1. The SMILES string of the molecule is CNCc1nc2ccc(C(=O)OC)cn2c1Br. The van der Waals surface area contributed by atoms with Gasteiger partial charge in [0.05, 0.1) is 18.4 Å². The van der Waals surface area contributed by atoms with Crippen LogP contribution in [0.5, 0.6) is 0 Å². The zero-order chi connectivity index (χ0) is 12.4. The van der Waals surface area contributed by atoms with Crippen LogP contribution >= 0.6 is 15.9 Å². The molecular formula is C11H12BrN3O2. The Morgan fingerprint density at radius 3 is 3.00 bits per heavy atom. The van der Waals surface area contributed by atoms with Crippen LogP contribution in [0.3, 0.4) is 0 Å². The number of methoxy groups -OCH3 is 1. The fourth-order valence-electron chi connectivity index (χ4n) is 1.58. The number of carbonyl (C=O) groups is 1. The van der Waals surface area contributed by atoms with Gasteiger partial charge in [-0.15, -0.1) is 0 Å². The normalized spacial score (nSPS) is 10.8. The summed E-state index contributed by atoms with van der Waals surface area (Å²) in [5.41, 5.74) is 2.18. The van der Waals surface area contributed by atoms with Gasteiger partial charge >= 0.3 is 5.97 Å². The number of halogens is 1.